The van der Waals surface area contributed by atoms with Crippen LogP contribution in [-0.4, -0.2) is 30.9 Å². The maximum atomic E-state index is 11.9. The summed E-state index contributed by atoms with van der Waals surface area (Å²) in [6.45, 7) is -0.588. The van der Waals surface area contributed by atoms with Crippen molar-refractivity contribution in [1.82, 2.24) is 5.32 Å². The molecule has 130 valence electrons. The van der Waals surface area contributed by atoms with E-state index in [4.69, 9.17) is 4.74 Å². The summed E-state index contributed by atoms with van der Waals surface area (Å²) in [5, 5.41) is 5.20. The molecule has 2 amide bonds. The molecule has 0 spiro atoms. The molecule has 2 rings (SSSR count). The van der Waals surface area contributed by atoms with Crippen molar-refractivity contribution in [2.45, 2.75) is 32.1 Å². The first-order valence-corrected chi connectivity index (χ1v) is 8.82. The number of halogens is 1. The number of hydrogen-bond acceptors (Lipinski definition) is 4. The van der Waals surface area contributed by atoms with Gasteiger partial charge < -0.3 is 15.4 Å². The molecule has 0 aromatic heterocycles. The summed E-state index contributed by atoms with van der Waals surface area (Å²) in [5.41, 5.74) is 0.616. The van der Waals surface area contributed by atoms with Gasteiger partial charge >= 0.3 is 5.97 Å². The van der Waals surface area contributed by atoms with Crippen molar-refractivity contribution in [2.24, 2.45) is 5.92 Å². The SMILES string of the molecule is O=C(COC(=O)CNC(=O)C1CCCCC1)Nc1ccc(Br)cc1. The van der Waals surface area contributed by atoms with Crippen LogP contribution in [0.25, 0.3) is 0 Å². The van der Waals surface area contributed by atoms with E-state index in [0.717, 1.165) is 30.2 Å². The van der Waals surface area contributed by atoms with E-state index in [1.54, 1.807) is 24.3 Å². The molecule has 1 aliphatic carbocycles. The first-order valence-electron chi connectivity index (χ1n) is 8.03. The van der Waals surface area contributed by atoms with Crippen molar-refractivity contribution in [3.8, 4) is 0 Å². The van der Waals surface area contributed by atoms with Crippen molar-refractivity contribution in [1.29, 1.82) is 0 Å². The number of nitrogens with one attached hydrogen (secondary N) is 2. The number of anilines is 1. The van der Waals surface area contributed by atoms with Gasteiger partial charge in [-0.05, 0) is 37.1 Å². The number of hydrogen-bond donors (Lipinski definition) is 2. The molecule has 1 saturated carbocycles. The van der Waals surface area contributed by atoms with Crippen LogP contribution in [0.15, 0.2) is 28.7 Å². The molecule has 0 radical (unpaired) electrons. The molecule has 2 N–H and O–H groups in total. The highest BCUT2D eigenvalue weighted by Gasteiger charge is 2.21. The fourth-order valence-electron chi connectivity index (χ4n) is 2.60. The molecule has 0 bridgehead atoms. The van der Waals surface area contributed by atoms with E-state index in [1.165, 1.54) is 6.42 Å². The summed E-state index contributed by atoms with van der Waals surface area (Å²) in [5.74, 6) is -1.16. The van der Waals surface area contributed by atoms with E-state index >= 15 is 0 Å². The van der Waals surface area contributed by atoms with Crippen molar-refractivity contribution >= 4 is 39.4 Å². The van der Waals surface area contributed by atoms with E-state index in [0.29, 0.717) is 5.69 Å². The molecule has 6 nitrogen and oxygen atoms in total. The minimum absolute atomic E-state index is 0.00717. The van der Waals surface area contributed by atoms with Crippen LogP contribution in [0, 0.1) is 5.92 Å². The molecule has 24 heavy (non-hydrogen) atoms. The fourth-order valence-corrected chi connectivity index (χ4v) is 2.86. The zero-order valence-corrected chi connectivity index (χ0v) is 14.9. The quantitative estimate of drug-likeness (QED) is 0.723. The largest absolute Gasteiger partial charge is 0.454 e. The second kappa shape index (κ2) is 9.42. The molecular weight excluding hydrogens is 376 g/mol. The Morgan fingerprint density at radius 2 is 1.75 bits per heavy atom. The predicted molar refractivity (Wildman–Crippen MR) is 93.3 cm³/mol. The Labute approximate surface area is 149 Å². The van der Waals surface area contributed by atoms with Gasteiger partial charge in [0.25, 0.3) is 5.91 Å². The predicted octanol–water partition coefficient (Wildman–Crippen LogP) is 2.63. The van der Waals surface area contributed by atoms with Crippen LogP contribution in [-0.2, 0) is 19.1 Å². The molecular formula is C17H21BrN2O4. The van der Waals surface area contributed by atoms with Gasteiger partial charge in [-0.1, -0.05) is 35.2 Å². The third kappa shape index (κ3) is 6.31. The van der Waals surface area contributed by atoms with Crippen LogP contribution in [0.1, 0.15) is 32.1 Å². The molecule has 0 saturated heterocycles. The standard InChI is InChI=1S/C17H21BrN2O4/c18-13-6-8-14(9-7-13)20-15(21)11-24-16(22)10-19-17(23)12-4-2-1-3-5-12/h6-9,12H,1-5,10-11H2,(H,19,23)(H,20,21). The van der Waals surface area contributed by atoms with E-state index in [-0.39, 0.29) is 25.0 Å². The molecule has 1 fully saturated rings. The van der Waals surface area contributed by atoms with Gasteiger partial charge in [0, 0.05) is 16.1 Å². The summed E-state index contributed by atoms with van der Waals surface area (Å²) in [4.78, 5) is 35.2. The second-order valence-electron chi connectivity index (χ2n) is 5.77. The minimum Gasteiger partial charge on any atom is -0.454 e. The van der Waals surface area contributed by atoms with Crippen LogP contribution < -0.4 is 10.6 Å². The Morgan fingerprint density at radius 1 is 1.08 bits per heavy atom. The first-order chi connectivity index (χ1) is 11.5. The Morgan fingerprint density at radius 3 is 2.42 bits per heavy atom. The maximum absolute atomic E-state index is 11.9. The van der Waals surface area contributed by atoms with Gasteiger partial charge in [-0.25, -0.2) is 0 Å². The summed E-state index contributed by atoms with van der Waals surface area (Å²) >= 11 is 3.30. The Hall–Kier alpha value is -1.89. The lowest BCUT2D eigenvalue weighted by Crippen LogP contribution is -2.36. The van der Waals surface area contributed by atoms with Crippen molar-refractivity contribution in [2.75, 3.05) is 18.5 Å². The average molecular weight is 397 g/mol. The fraction of sp³-hybridized carbons (Fsp3) is 0.471. The molecule has 0 heterocycles. The van der Waals surface area contributed by atoms with Gasteiger partial charge in [-0.15, -0.1) is 0 Å². The average Bonchev–Trinajstić information content (AvgIpc) is 2.60. The van der Waals surface area contributed by atoms with Crippen LogP contribution in [0.5, 0.6) is 0 Å². The highest BCUT2D eigenvalue weighted by atomic mass is 79.9. The number of ether oxygens (including phenoxy) is 1. The number of benzene rings is 1. The van der Waals surface area contributed by atoms with E-state index in [9.17, 15) is 14.4 Å². The van der Waals surface area contributed by atoms with Gasteiger partial charge in [0.1, 0.15) is 6.54 Å². The lowest BCUT2D eigenvalue weighted by molar-refractivity contribution is -0.147. The van der Waals surface area contributed by atoms with Gasteiger partial charge in [0.15, 0.2) is 6.61 Å². The van der Waals surface area contributed by atoms with E-state index < -0.39 is 11.9 Å². The first kappa shape index (κ1) is 18.4. The summed E-state index contributed by atoms with van der Waals surface area (Å²) in [6.07, 6.45) is 5.02. The normalized spacial score (nSPS) is 14.7. The molecule has 1 aliphatic rings. The number of carbonyl (C=O) groups excluding carboxylic acids is 3. The zero-order valence-electron chi connectivity index (χ0n) is 13.3. The third-order valence-electron chi connectivity index (χ3n) is 3.88. The number of esters is 1. The molecule has 0 unspecified atom stereocenters. The highest BCUT2D eigenvalue weighted by molar-refractivity contribution is 9.10. The highest BCUT2D eigenvalue weighted by Crippen LogP contribution is 2.23. The molecule has 0 aliphatic heterocycles. The molecule has 1 aromatic rings. The lowest BCUT2D eigenvalue weighted by Gasteiger charge is -2.20. The zero-order chi connectivity index (χ0) is 17.4. The Kier molecular flexibility index (Phi) is 7.24. The van der Waals surface area contributed by atoms with Crippen molar-refractivity contribution in [3.05, 3.63) is 28.7 Å². The minimum atomic E-state index is -0.620. The van der Waals surface area contributed by atoms with Crippen molar-refractivity contribution in [3.63, 3.8) is 0 Å². The number of rotatable bonds is 6. The maximum Gasteiger partial charge on any atom is 0.325 e. The van der Waals surface area contributed by atoms with Gasteiger partial charge in [-0.2, -0.15) is 0 Å². The monoisotopic (exact) mass is 396 g/mol. The molecule has 1 aromatic carbocycles. The summed E-state index contributed by atoms with van der Waals surface area (Å²) in [6, 6.07) is 7.05. The van der Waals surface area contributed by atoms with Crippen LogP contribution in [0.3, 0.4) is 0 Å². The van der Waals surface area contributed by atoms with Gasteiger partial charge in [0.05, 0.1) is 0 Å². The smallest absolute Gasteiger partial charge is 0.325 e. The summed E-state index contributed by atoms with van der Waals surface area (Å²) < 4.78 is 5.77. The van der Waals surface area contributed by atoms with E-state index in [2.05, 4.69) is 26.6 Å². The van der Waals surface area contributed by atoms with E-state index in [1.807, 2.05) is 0 Å². The van der Waals surface area contributed by atoms with Gasteiger partial charge in [-0.3, -0.25) is 14.4 Å². The van der Waals surface area contributed by atoms with Crippen LogP contribution in [0.4, 0.5) is 5.69 Å². The summed E-state index contributed by atoms with van der Waals surface area (Å²) in [7, 11) is 0. The number of amides is 2. The molecule has 7 heteroatoms. The Bertz CT molecular complexity index is 583. The van der Waals surface area contributed by atoms with Gasteiger partial charge in [0.2, 0.25) is 5.91 Å². The topological polar surface area (TPSA) is 84.5 Å². The molecule has 0 atom stereocenters. The van der Waals surface area contributed by atoms with Crippen molar-refractivity contribution < 1.29 is 19.1 Å². The second-order valence-corrected chi connectivity index (χ2v) is 6.68. The van der Waals surface area contributed by atoms with Crippen LogP contribution in [0.2, 0.25) is 0 Å². The van der Waals surface area contributed by atoms with Crippen LogP contribution >= 0.6 is 15.9 Å². The number of carbonyl (C=O) groups is 3. The Balaban J connectivity index is 1.64. The third-order valence-corrected chi connectivity index (χ3v) is 4.40. The lowest BCUT2D eigenvalue weighted by atomic mass is 9.89.